The van der Waals surface area contributed by atoms with E-state index in [1.807, 2.05) is 12.1 Å². The second kappa shape index (κ2) is 9.78. The van der Waals surface area contributed by atoms with Gasteiger partial charge >= 0.3 is 0 Å². The molecule has 138 valence electrons. The first-order chi connectivity index (χ1) is 11.7. The van der Waals surface area contributed by atoms with E-state index < -0.39 is 0 Å². The summed E-state index contributed by atoms with van der Waals surface area (Å²) in [5.74, 6) is 0.0749. The molecule has 1 heterocycles. The molecule has 1 saturated carbocycles. The van der Waals surface area contributed by atoms with E-state index in [0.29, 0.717) is 11.6 Å². The number of piperidine rings is 1. The van der Waals surface area contributed by atoms with Crippen molar-refractivity contribution < 1.29 is 9.59 Å². The van der Waals surface area contributed by atoms with Gasteiger partial charge in [-0.3, -0.25) is 9.59 Å². The average Bonchev–Trinajstić information content (AvgIpc) is 2.64. The SMILES string of the molecule is Cl.O=C(NC1CCCCC1)c1ccc(NC(=O)C2CCCNC2)cc1. The third-order valence-electron chi connectivity index (χ3n) is 5.02. The van der Waals surface area contributed by atoms with Crippen LogP contribution in [0.5, 0.6) is 0 Å². The standard InChI is InChI=1S/C19H27N3O2.ClH/c23-18(21-16-6-2-1-3-7-16)14-8-10-17(11-9-14)22-19(24)15-5-4-12-20-13-15;/h8-11,15-16,20H,1-7,12-13H2,(H,21,23)(H,22,24);1H. The molecule has 0 aromatic heterocycles. The zero-order valence-electron chi connectivity index (χ0n) is 14.6. The predicted molar refractivity (Wildman–Crippen MR) is 102 cm³/mol. The van der Waals surface area contributed by atoms with Crippen LogP contribution in [0.3, 0.4) is 0 Å². The molecular weight excluding hydrogens is 338 g/mol. The molecule has 1 aliphatic carbocycles. The quantitative estimate of drug-likeness (QED) is 0.767. The molecule has 2 fully saturated rings. The van der Waals surface area contributed by atoms with Crippen LogP contribution in [0.15, 0.2) is 24.3 Å². The van der Waals surface area contributed by atoms with Crippen LogP contribution in [0.1, 0.15) is 55.3 Å². The molecule has 0 spiro atoms. The minimum absolute atomic E-state index is 0. The third kappa shape index (κ3) is 5.72. The molecule has 5 nitrogen and oxygen atoms in total. The lowest BCUT2D eigenvalue weighted by molar-refractivity contribution is -0.120. The Kier molecular flexibility index (Phi) is 7.72. The summed E-state index contributed by atoms with van der Waals surface area (Å²) < 4.78 is 0. The van der Waals surface area contributed by atoms with E-state index in [1.54, 1.807) is 12.1 Å². The molecule has 6 heteroatoms. The van der Waals surface area contributed by atoms with Gasteiger partial charge in [0.15, 0.2) is 0 Å². The molecule has 1 aromatic carbocycles. The van der Waals surface area contributed by atoms with Crippen molar-refractivity contribution in [3.8, 4) is 0 Å². The average molecular weight is 366 g/mol. The van der Waals surface area contributed by atoms with Crippen LogP contribution < -0.4 is 16.0 Å². The van der Waals surface area contributed by atoms with Crippen LogP contribution in [0.2, 0.25) is 0 Å². The molecule has 1 aliphatic heterocycles. The summed E-state index contributed by atoms with van der Waals surface area (Å²) >= 11 is 0. The van der Waals surface area contributed by atoms with Crippen molar-refractivity contribution in [2.24, 2.45) is 5.92 Å². The lowest BCUT2D eigenvalue weighted by Crippen LogP contribution is -2.37. The van der Waals surface area contributed by atoms with Crippen molar-refractivity contribution in [2.45, 2.75) is 51.0 Å². The van der Waals surface area contributed by atoms with Crippen LogP contribution in [0.4, 0.5) is 5.69 Å². The van der Waals surface area contributed by atoms with Crippen LogP contribution in [-0.2, 0) is 4.79 Å². The molecule has 1 atom stereocenters. The molecule has 1 unspecified atom stereocenters. The lowest BCUT2D eigenvalue weighted by atomic mass is 9.95. The monoisotopic (exact) mass is 365 g/mol. The van der Waals surface area contributed by atoms with Crippen molar-refractivity contribution in [3.63, 3.8) is 0 Å². The summed E-state index contributed by atoms with van der Waals surface area (Å²) in [6.07, 6.45) is 7.80. The summed E-state index contributed by atoms with van der Waals surface area (Å²) in [5.41, 5.74) is 1.40. The second-order valence-corrected chi connectivity index (χ2v) is 6.92. The number of anilines is 1. The van der Waals surface area contributed by atoms with E-state index in [4.69, 9.17) is 0 Å². The fourth-order valence-corrected chi connectivity index (χ4v) is 3.54. The van der Waals surface area contributed by atoms with E-state index in [1.165, 1.54) is 19.3 Å². The minimum atomic E-state index is -0.0174. The number of carbonyl (C=O) groups is 2. The summed E-state index contributed by atoms with van der Waals surface area (Å²) in [7, 11) is 0. The first kappa shape index (κ1) is 19.7. The Hall–Kier alpha value is -1.59. The Morgan fingerprint density at radius 1 is 0.960 bits per heavy atom. The Balaban J connectivity index is 0.00000225. The predicted octanol–water partition coefficient (Wildman–Crippen LogP) is 3.11. The number of hydrogen-bond acceptors (Lipinski definition) is 3. The number of rotatable bonds is 4. The van der Waals surface area contributed by atoms with Gasteiger partial charge in [0.05, 0.1) is 5.92 Å². The van der Waals surface area contributed by atoms with Crippen molar-refractivity contribution in [2.75, 3.05) is 18.4 Å². The van der Waals surface area contributed by atoms with Gasteiger partial charge in [0.25, 0.3) is 5.91 Å². The van der Waals surface area contributed by atoms with Crippen molar-refractivity contribution in [1.29, 1.82) is 0 Å². The topological polar surface area (TPSA) is 70.2 Å². The molecule has 3 N–H and O–H groups in total. The van der Waals surface area contributed by atoms with Crippen LogP contribution >= 0.6 is 12.4 Å². The maximum Gasteiger partial charge on any atom is 0.251 e. The number of amides is 2. The summed E-state index contributed by atoms with van der Waals surface area (Å²) in [6.45, 7) is 1.74. The second-order valence-electron chi connectivity index (χ2n) is 6.92. The minimum Gasteiger partial charge on any atom is -0.349 e. The maximum atomic E-state index is 12.3. The summed E-state index contributed by atoms with van der Waals surface area (Å²) in [5, 5.41) is 9.31. The first-order valence-electron chi connectivity index (χ1n) is 9.15. The highest BCUT2D eigenvalue weighted by Gasteiger charge is 2.21. The molecule has 1 aromatic rings. The Bertz CT molecular complexity index is 565. The largest absolute Gasteiger partial charge is 0.349 e. The number of nitrogens with one attached hydrogen (secondary N) is 3. The number of carbonyl (C=O) groups excluding carboxylic acids is 2. The van der Waals surface area contributed by atoms with E-state index in [9.17, 15) is 9.59 Å². The van der Waals surface area contributed by atoms with Crippen molar-refractivity contribution in [3.05, 3.63) is 29.8 Å². The molecule has 0 bridgehead atoms. The van der Waals surface area contributed by atoms with Gasteiger partial charge in [-0.25, -0.2) is 0 Å². The van der Waals surface area contributed by atoms with Crippen LogP contribution in [0.25, 0.3) is 0 Å². The lowest BCUT2D eigenvalue weighted by Gasteiger charge is -2.23. The van der Waals surface area contributed by atoms with Crippen LogP contribution in [0, 0.1) is 5.92 Å². The first-order valence-corrected chi connectivity index (χ1v) is 9.15. The van der Waals surface area contributed by atoms with E-state index in [0.717, 1.165) is 44.5 Å². The molecule has 2 aliphatic rings. The van der Waals surface area contributed by atoms with Gasteiger partial charge in [-0.2, -0.15) is 0 Å². The van der Waals surface area contributed by atoms with Gasteiger partial charge in [0, 0.05) is 23.8 Å². The fraction of sp³-hybridized carbons (Fsp3) is 0.579. The smallest absolute Gasteiger partial charge is 0.251 e. The number of hydrogen-bond donors (Lipinski definition) is 3. The summed E-state index contributed by atoms with van der Waals surface area (Å²) in [6, 6.07) is 7.50. The highest BCUT2D eigenvalue weighted by molar-refractivity contribution is 5.96. The Morgan fingerprint density at radius 2 is 1.68 bits per heavy atom. The number of halogens is 1. The Morgan fingerprint density at radius 3 is 2.32 bits per heavy atom. The highest BCUT2D eigenvalue weighted by Crippen LogP contribution is 2.19. The zero-order valence-corrected chi connectivity index (χ0v) is 15.4. The van der Waals surface area contributed by atoms with Crippen molar-refractivity contribution in [1.82, 2.24) is 10.6 Å². The van der Waals surface area contributed by atoms with Gasteiger partial charge in [0.2, 0.25) is 5.91 Å². The van der Waals surface area contributed by atoms with Gasteiger partial charge in [-0.15, -0.1) is 12.4 Å². The van der Waals surface area contributed by atoms with Gasteiger partial charge < -0.3 is 16.0 Å². The van der Waals surface area contributed by atoms with E-state index in [2.05, 4.69) is 16.0 Å². The molecule has 25 heavy (non-hydrogen) atoms. The highest BCUT2D eigenvalue weighted by atomic mass is 35.5. The summed E-state index contributed by atoms with van der Waals surface area (Å²) in [4.78, 5) is 24.5. The van der Waals surface area contributed by atoms with Crippen molar-refractivity contribution >= 4 is 29.9 Å². The number of benzene rings is 1. The molecule has 0 radical (unpaired) electrons. The van der Waals surface area contributed by atoms with E-state index >= 15 is 0 Å². The molecule has 2 amide bonds. The van der Waals surface area contributed by atoms with Gasteiger partial charge in [-0.05, 0) is 56.5 Å². The normalized spacial score (nSPS) is 21.0. The van der Waals surface area contributed by atoms with Gasteiger partial charge in [0.1, 0.15) is 0 Å². The molecular formula is C19H28ClN3O2. The van der Waals surface area contributed by atoms with Gasteiger partial charge in [-0.1, -0.05) is 19.3 Å². The molecule has 1 saturated heterocycles. The van der Waals surface area contributed by atoms with Crippen LogP contribution in [-0.4, -0.2) is 30.9 Å². The molecule has 3 rings (SSSR count). The van der Waals surface area contributed by atoms with E-state index in [-0.39, 0.29) is 30.1 Å². The fourth-order valence-electron chi connectivity index (χ4n) is 3.54. The third-order valence-corrected chi connectivity index (χ3v) is 5.02. The zero-order chi connectivity index (χ0) is 16.8. The Labute approximate surface area is 155 Å². The maximum absolute atomic E-state index is 12.3.